The van der Waals surface area contributed by atoms with Crippen LogP contribution in [0, 0.1) is 0 Å². The first-order valence-corrected chi connectivity index (χ1v) is 6.53. The van der Waals surface area contributed by atoms with Gasteiger partial charge in [-0.05, 0) is 48.5 Å². The highest BCUT2D eigenvalue weighted by Gasteiger charge is 2.14. The van der Waals surface area contributed by atoms with E-state index < -0.39 is 0 Å². The van der Waals surface area contributed by atoms with Crippen molar-refractivity contribution in [1.82, 2.24) is 0 Å². The van der Waals surface area contributed by atoms with Crippen LogP contribution in [0.3, 0.4) is 0 Å². The molecule has 1 aliphatic carbocycles. The van der Waals surface area contributed by atoms with Crippen molar-refractivity contribution in [3.63, 3.8) is 0 Å². The molecule has 1 nitrogen and oxygen atoms in total. The summed E-state index contributed by atoms with van der Waals surface area (Å²) >= 11 is 0. The maximum absolute atomic E-state index is 10.6. The quantitative estimate of drug-likeness (QED) is 0.555. The molecule has 0 amide bonds. The van der Waals surface area contributed by atoms with Gasteiger partial charge in [0.05, 0.1) is 0 Å². The van der Waals surface area contributed by atoms with Crippen molar-refractivity contribution in [2.24, 2.45) is 0 Å². The molecule has 1 aromatic carbocycles. The second kappa shape index (κ2) is 5.81. The molecule has 2 rings (SSSR count). The van der Waals surface area contributed by atoms with Crippen molar-refractivity contribution < 1.29 is 4.79 Å². The molecule has 17 heavy (non-hydrogen) atoms. The van der Waals surface area contributed by atoms with Crippen LogP contribution in [-0.4, -0.2) is 6.29 Å². The fourth-order valence-electron chi connectivity index (χ4n) is 2.60. The Morgan fingerprint density at radius 3 is 2.35 bits per heavy atom. The van der Waals surface area contributed by atoms with E-state index in [2.05, 4.69) is 24.3 Å². The van der Waals surface area contributed by atoms with Gasteiger partial charge in [-0.15, -0.1) is 0 Å². The zero-order valence-corrected chi connectivity index (χ0v) is 10.5. The summed E-state index contributed by atoms with van der Waals surface area (Å²) in [6.45, 7) is 1.84. The maximum atomic E-state index is 10.6. The summed E-state index contributed by atoms with van der Waals surface area (Å²) < 4.78 is 0. The summed E-state index contributed by atoms with van der Waals surface area (Å²) in [7, 11) is 0. The molecule has 1 aliphatic rings. The van der Waals surface area contributed by atoms with Gasteiger partial charge in [-0.1, -0.05) is 43.5 Å². The molecule has 1 aromatic rings. The van der Waals surface area contributed by atoms with Gasteiger partial charge in [0.15, 0.2) is 0 Å². The molecule has 1 heteroatoms. The molecule has 0 atom stereocenters. The van der Waals surface area contributed by atoms with Gasteiger partial charge in [-0.3, -0.25) is 4.79 Å². The van der Waals surface area contributed by atoms with Crippen LogP contribution >= 0.6 is 0 Å². The zero-order valence-electron chi connectivity index (χ0n) is 10.5. The van der Waals surface area contributed by atoms with E-state index >= 15 is 0 Å². The first-order chi connectivity index (χ1) is 8.29. The summed E-state index contributed by atoms with van der Waals surface area (Å²) in [4.78, 5) is 10.6. The third-order valence-electron chi connectivity index (χ3n) is 3.59. The molecule has 0 radical (unpaired) electrons. The van der Waals surface area contributed by atoms with E-state index in [1.165, 1.54) is 37.7 Å². The average molecular weight is 228 g/mol. The highest BCUT2D eigenvalue weighted by molar-refractivity contribution is 5.80. The number of hydrogen-bond donors (Lipinski definition) is 0. The van der Waals surface area contributed by atoms with Crippen LogP contribution in [0.1, 0.15) is 56.1 Å². The topological polar surface area (TPSA) is 17.1 Å². The normalized spacial score (nSPS) is 18.1. The monoisotopic (exact) mass is 228 g/mol. The van der Waals surface area contributed by atoms with Gasteiger partial charge in [0.2, 0.25) is 0 Å². The third kappa shape index (κ3) is 3.29. The summed E-state index contributed by atoms with van der Waals surface area (Å²) in [5, 5.41) is 0. The molecule has 0 saturated heterocycles. The van der Waals surface area contributed by atoms with Crippen LogP contribution in [0.4, 0.5) is 0 Å². The minimum Gasteiger partial charge on any atom is -0.298 e. The molecule has 0 unspecified atom stereocenters. The molecule has 0 bridgehead atoms. The highest BCUT2D eigenvalue weighted by atomic mass is 16.1. The van der Waals surface area contributed by atoms with Crippen molar-refractivity contribution in [3.05, 3.63) is 41.0 Å². The fraction of sp³-hybridized carbons (Fsp3) is 0.438. The lowest BCUT2D eigenvalue weighted by molar-refractivity contribution is -0.104. The highest BCUT2D eigenvalue weighted by Crippen LogP contribution is 2.32. The second-order valence-electron chi connectivity index (χ2n) is 5.01. The predicted octanol–water partition coefficient (Wildman–Crippen LogP) is 4.34. The van der Waals surface area contributed by atoms with Gasteiger partial charge in [0.25, 0.3) is 0 Å². The average Bonchev–Trinajstić information content (AvgIpc) is 2.40. The number of hydrogen-bond acceptors (Lipinski definition) is 1. The number of carbonyl (C=O) groups is 1. The standard InChI is InChI=1S/C16H20O/c1-13(12-17)11-14-7-9-16(10-8-14)15-5-3-2-4-6-15/h7-12,15H,2-6H2,1H3. The summed E-state index contributed by atoms with van der Waals surface area (Å²) in [5.74, 6) is 0.758. The third-order valence-corrected chi connectivity index (χ3v) is 3.59. The number of allylic oxidation sites excluding steroid dienone is 1. The molecular weight excluding hydrogens is 208 g/mol. The smallest absolute Gasteiger partial charge is 0.145 e. The first kappa shape index (κ1) is 12.1. The lowest BCUT2D eigenvalue weighted by atomic mass is 9.84. The predicted molar refractivity (Wildman–Crippen MR) is 72.0 cm³/mol. The molecule has 0 N–H and O–H groups in total. The molecule has 1 fully saturated rings. The van der Waals surface area contributed by atoms with E-state index in [9.17, 15) is 4.79 Å². The van der Waals surface area contributed by atoms with E-state index in [1.54, 1.807) is 0 Å². The van der Waals surface area contributed by atoms with E-state index in [0.717, 1.165) is 23.3 Å². The van der Waals surface area contributed by atoms with Gasteiger partial charge in [0.1, 0.15) is 6.29 Å². The van der Waals surface area contributed by atoms with Gasteiger partial charge >= 0.3 is 0 Å². The van der Waals surface area contributed by atoms with Gasteiger partial charge in [0, 0.05) is 0 Å². The molecule has 0 aliphatic heterocycles. The number of rotatable bonds is 3. The molecule has 1 saturated carbocycles. The minimum atomic E-state index is 0.758. The fourth-order valence-corrected chi connectivity index (χ4v) is 2.60. The second-order valence-corrected chi connectivity index (χ2v) is 5.01. The van der Waals surface area contributed by atoms with Gasteiger partial charge in [-0.25, -0.2) is 0 Å². The van der Waals surface area contributed by atoms with Crippen molar-refractivity contribution in [2.45, 2.75) is 44.9 Å². The number of aldehydes is 1. The lowest BCUT2D eigenvalue weighted by Gasteiger charge is -2.21. The zero-order chi connectivity index (χ0) is 12.1. The van der Waals surface area contributed by atoms with Crippen molar-refractivity contribution >= 4 is 12.4 Å². The first-order valence-electron chi connectivity index (χ1n) is 6.53. The van der Waals surface area contributed by atoms with Crippen LogP contribution in [0.25, 0.3) is 6.08 Å². The van der Waals surface area contributed by atoms with Crippen molar-refractivity contribution in [2.75, 3.05) is 0 Å². The molecule has 0 heterocycles. The largest absolute Gasteiger partial charge is 0.298 e. The Bertz CT molecular complexity index is 394. The van der Waals surface area contributed by atoms with Crippen LogP contribution in [-0.2, 0) is 4.79 Å². The molecular formula is C16H20O. The van der Waals surface area contributed by atoms with Gasteiger partial charge in [-0.2, -0.15) is 0 Å². The Labute approximate surface area is 104 Å². The Morgan fingerprint density at radius 1 is 1.12 bits per heavy atom. The molecule has 90 valence electrons. The number of benzene rings is 1. The Kier molecular flexibility index (Phi) is 4.13. The van der Waals surface area contributed by atoms with E-state index in [0.29, 0.717) is 0 Å². The van der Waals surface area contributed by atoms with E-state index in [4.69, 9.17) is 0 Å². The Balaban J connectivity index is 2.09. The summed E-state index contributed by atoms with van der Waals surface area (Å²) in [6, 6.07) is 8.69. The summed E-state index contributed by atoms with van der Waals surface area (Å²) in [6.07, 6.45) is 9.64. The van der Waals surface area contributed by atoms with Crippen LogP contribution in [0.2, 0.25) is 0 Å². The Hall–Kier alpha value is -1.37. The lowest BCUT2D eigenvalue weighted by Crippen LogP contribution is -2.04. The van der Waals surface area contributed by atoms with Gasteiger partial charge < -0.3 is 0 Å². The number of carbonyl (C=O) groups excluding carboxylic acids is 1. The van der Waals surface area contributed by atoms with E-state index in [-0.39, 0.29) is 0 Å². The van der Waals surface area contributed by atoms with Crippen LogP contribution in [0.5, 0.6) is 0 Å². The van der Waals surface area contributed by atoms with E-state index in [1.807, 2.05) is 13.0 Å². The van der Waals surface area contributed by atoms with Crippen LogP contribution in [0.15, 0.2) is 29.8 Å². The summed E-state index contributed by atoms with van der Waals surface area (Å²) in [5.41, 5.74) is 3.36. The Morgan fingerprint density at radius 2 is 1.76 bits per heavy atom. The van der Waals surface area contributed by atoms with Crippen molar-refractivity contribution in [1.29, 1.82) is 0 Å². The van der Waals surface area contributed by atoms with Crippen LogP contribution < -0.4 is 0 Å². The molecule has 0 aromatic heterocycles. The maximum Gasteiger partial charge on any atom is 0.145 e. The van der Waals surface area contributed by atoms with Crippen molar-refractivity contribution in [3.8, 4) is 0 Å². The molecule has 0 spiro atoms. The minimum absolute atomic E-state index is 0.758. The SMILES string of the molecule is CC(C=O)=Cc1ccc(C2CCCCC2)cc1.